The van der Waals surface area contributed by atoms with Crippen LogP contribution < -0.4 is 5.73 Å². The number of nitrogens with two attached hydrogens (primary N) is 1. The monoisotopic (exact) mass is 250 g/mol. The van der Waals surface area contributed by atoms with Gasteiger partial charge in [0.15, 0.2) is 0 Å². The number of benzene rings is 1. The average Bonchev–Trinajstić information content (AvgIpc) is 2.28. The van der Waals surface area contributed by atoms with E-state index in [9.17, 15) is 9.18 Å². The van der Waals surface area contributed by atoms with Gasteiger partial charge in [-0.25, -0.2) is 4.39 Å². The van der Waals surface area contributed by atoms with Gasteiger partial charge in [-0.15, -0.1) is 0 Å². The molecule has 0 spiro atoms. The Hall–Kier alpha value is -1.42. The number of hydrogen-bond donors (Lipinski definition) is 1. The molecule has 98 valence electrons. The van der Waals surface area contributed by atoms with Gasteiger partial charge in [0.2, 0.25) is 5.91 Å². The van der Waals surface area contributed by atoms with Crippen LogP contribution in [0.25, 0.3) is 0 Å². The lowest BCUT2D eigenvalue weighted by atomic mass is 9.98. The quantitative estimate of drug-likeness (QED) is 0.868. The van der Waals surface area contributed by atoms with Crippen LogP contribution in [0.15, 0.2) is 24.3 Å². The van der Waals surface area contributed by atoms with Crippen molar-refractivity contribution >= 4 is 5.91 Å². The number of amides is 1. The molecule has 2 rings (SSSR count). The Kier molecular flexibility index (Phi) is 3.97. The summed E-state index contributed by atoms with van der Waals surface area (Å²) in [4.78, 5) is 14.0. The minimum atomic E-state index is -0.297. The van der Waals surface area contributed by atoms with E-state index in [1.165, 1.54) is 12.1 Å². The van der Waals surface area contributed by atoms with Crippen molar-refractivity contribution in [3.63, 3.8) is 0 Å². The zero-order valence-corrected chi connectivity index (χ0v) is 10.6. The first kappa shape index (κ1) is 13.0. The van der Waals surface area contributed by atoms with E-state index in [1.807, 2.05) is 11.8 Å². The van der Waals surface area contributed by atoms with E-state index in [2.05, 4.69) is 0 Å². The van der Waals surface area contributed by atoms with E-state index in [4.69, 9.17) is 5.73 Å². The van der Waals surface area contributed by atoms with Crippen LogP contribution in [0.4, 0.5) is 4.39 Å². The molecule has 2 atom stereocenters. The number of carbonyl (C=O) groups excluding carboxylic acids is 1. The van der Waals surface area contributed by atoms with E-state index in [0.717, 1.165) is 18.4 Å². The average molecular weight is 250 g/mol. The van der Waals surface area contributed by atoms with Gasteiger partial charge in [-0.3, -0.25) is 4.79 Å². The molecule has 4 heteroatoms. The molecule has 1 fully saturated rings. The third-order valence-corrected chi connectivity index (χ3v) is 3.48. The summed E-state index contributed by atoms with van der Waals surface area (Å²) in [6.07, 6.45) is 1.95. The highest BCUT2D eigenvalue weighted by molar-refractivity contribution is 5.79. The number of piperidine rings is 1. The molecule has 1 aromatic carbocycles. The Morgan fingerprint density at radius 2 is 2.33 bits per heavy atom. The number of nitrogens with zero attached hydrogens (tertiary/aromatic N) is 1. The molecular formula is C14H19FN2O. The summed E-state index contributed by atoms with van der Waals surface area (Å²) in [5.74, 6) is -0.242. The fourth-order valence-electron chi connectivity index (χ4n) is 2.50. The summed E-state index contributed by atoms with van der Waals surface area (Å²) in [5, 5.41) is 0. The van der Waals surface area contributed by atoms with E-state index < -0.39 is 0 Å². The van der Waals surface area contributed by atoms with E-state index in [1.54, 1.807) is 12.1 Å². The summed E-state index contributed by atoms with van der Waals surface area (Å²) in [6.45, 7) is 2.72. The van der Waals surface area contributed by atoms with Gasteiger partial charge in [0.1, 0.15) is 5.82 Å². The summed E-state index contributed by atoms with van der Waals surface area (Å²) in [5.41, 5.74) is 6.60. The normalized spacial score (nSPS) is 24.1. The molecule has 0 aromatic heterocycles. The smallest absolute Gasteiger partial charge is 0.227 e. The first-order valence-electron chi connectivity index (χ1n) is 6.36. The third kappa shape index (κ3) is 3.07. The lowest BCUT2D eigenvalue weighted by Gasteiger charge is -2.36. The van der Waals surface area contributed by atoms with Crippen molar-refractivity contribution in [3.05, 3.63) is 35.6 Å². The molecule has 1 aliphatic rings. The van der Waals surface area contributed by atoms with Gasteiger partial charge in [-0.2, -0.15) is 0 Å². The van der Waals surface area contributed by atoms with Crippen molar-refractivity contribution in [1.82, 2.24) is 4.90 Å². The molecule has 18 heavy (non-hydrogen) atoms. The van der Waals surface area contributed by atoms with Gasteiger partial charge < -0.3 is 10.6 Å². The van der Waals surface area contributed by atoms with Crippen molar-refractivity contribution in [1.29, 1.82) is 0 Å². The highest BCUT2D eigenvalue weighted by Gasteiger charge is 2.26. The van der Waals surface area contributed by atoms with Crippen molar-refractivity contribution in [3.8, 4) is 0 Å². The highest BCUT2D eigenvalue weighted by Crippen LogP contribution is 2.17. The Morgan fingerprint density at radius 3 is 3.00 bits per heavy atom. The van der Waals surface area contributed by atoms with Crippen LogP contribution >= 0.6 is 0 Å². The fourth-order valence-corrected chi connectivity index (χ4v) is 2.50. The fraction of sp³-hybridized carbons (Fsp3) is 0.500. The van der Waals surface area contributed by atoms with Crippen LogP contribution in [0, 0.1) is 5.82 Å². The lowest BCUT2D eigenvalue weighted by molar-refractivity contribution is -0.133. The van der Waals surface area contributed by atoms with E-state index >= 15 is 0 Å². The van der Waals surface area contributed by atoms with E-state index in [-0.39, 0.29) is 30.2 Å². The summed E-state index contributed by atoms with van der Waals surface area (Å²) < 4.78 is 13.0. The van der Waals surface area contributed by atoms with Crippen LogP contribution in [0.3, 0.4) is 0 Å². The molecule has 1 aromatic rings. The molecule has 0 bridgehead atoms. The van der Waals surface area contributed by atoms with Gasteiger partial charge in [0.25, 0.3) is 0 Å². The van der Waals surface area contributed by atoms with Crippen LogP contribution in [0.2, 0.25) is 0 Å². The largest absolute Gasteiger partial charge is 0.340 e. The lowest BCUT2D eigenvalue weighted by Crippen LogP contribution is -2.48. The van der Waals surface area contributed by atoms with Crippen molar-refractivity contribution in [2.75, 3.05) is 6.54 Å². The number of likely N-dealkylation sites (tertiary alicyclic amines) is 1. The molecule has 1 heterocycles. The maximum absolute atomic E-state index is 13.0. The summed E-state index contributed by atoms with van der Waals surface area (Å²) in [6, 6.07) is 6.58. The van der Waals surface area contributed by atoms with Gasteiger partial charge in [0.05, 0.1) is 6.42 Å². The van der Waals surface area contributed by atoms with Crippen molar-refractivity contribution < 1.29 is 9.18 Å². The maximum Gasteiger partial charge on any atom is 0.227 e. The first-order valence-corrected chi connectivity index (χ1v) is 6.36. The molecular weight excluding hydrogens is 231 g/mol. The Bertz CT molecular complexity index is 436. The standard InChI is InChI=1S/C14H19FN2O/c1-10-7-13(16)5-6-17(10)14(18)9-11-3-2-4-12(15)8-11/h2-4,8,10,13H,5-7,9,16H2,1H3/t10-,13-/m1/s1. The number of rotatable bonds is 2. The number of carbonyl (C=O) groups is 1. The molecule has 0 saturated carbocycles. The minimum Gasteiger partial charge on any atom is -0.340 e. The number of hydrogen-bond acceptors (Lipinski definition) is 2. The van der Waals surface area contributed by atoms with Crippen LogP contribution in [-0.2, 0) is 11.2 Å². The zero-order chi connectivity index (χ0) is 13.1. The predicted molar refractivity (Wildman–Crippen MR) is 68.5 cm³/mol. The topological polar surface area (TPSA) is 46.3 Å². The predicted octanol–water partition coefficient (Wildman–Crippen LogP) is 1.71. The van der Waals surface area contributed by atoms with Crippen LogP contribution in [0.1, 0.15) is 25.3 Å². The molecule has 3 nitrogen and oxygen atoms in total. The molecule has 1 amide bonds. The second kappa shape index (κ2) is 5.48. The van der Waals surface area contributed by atoms with Crippen molar-refractivity contribution in [2.45, 2.75) is 38.3 Å². The summed E-state index contributed by atoms with van der Waals surface area (Å²) >= 11 is 0. The molecule has 0 unspecified atom stereocenters. The first-order chi connectivity index (χ1) is 8.56. The summed E-state index contributed by atoms with van der Waals surface area (Å²) in [7, 11) is 0. The SMILES string of the molecule is C[C@@H]1C[C@H](N)CCN1C(=O)Cc1cccc(F)c1. The second-order valence-corrected chi connectivity index (χ2v) is 5.03. The molecule has 1 saturated heterocycles. The van der Waals surface area contributed by atoms with Gasteiger partial charge in [-0.05, 0) is 37.5 Å². The molecule has 0 aliphatic carbocycles. The Balaban J connectivity index is 1.99. The molecule has 2 N–H and O–H groups in total. The Labute approximate surface area is 107 Å². The van der Waals surface area contributed by atoms with Gasteiger partial charge in [-0.1, -0.05) is 12.1 Å². The minimum absolute atomic E-state index is 0.0556. The van der Waals surface area contributed by atoms with Gasteiger partial charge in [0, 0.05) is 18.6 Å². The van der Waals surface area contributed by atoms with Crippen molar-refractivity contribution in [2.24, 2.45) is 5.73 Å². The molecule has 1 aliphatic heterocycles. The maximum atomic E-state index is 13.0. The second-order valence-electron chi connectivity index (χ2n) is 5.03. The molecule has 0 radical (unpaired) electrons. The third-order valence-electron chi connectivity index (χ3n) is 3.48. The van der Waals surface area contributed by atoms with Crippen LogP contribution in [0.5, 0.6) is 0 Å². The van der Waals surface area contributed by atoms with E-state index in [0.29, 0.717) is 6.54 Å². The highest BCUT2D eigenvalue weighted by atomic mass is 19.1. The van der Waals surface area contributed by atoms with Crippen LogP contribution in [-0.4, -0.2) is 29.4 Å². The zero-order valence-electron chi connectivity index (χ0n) is 10.6. The Morgan fingerprint density at radius 1 is 1.56 bits per heavy atom. The van der Waals surface area contributed by atoms with Gasteiger partial charge >= 0.3 is 0 Å². The number of halogens is 1.